The molecule has 0 aliphatic rings. The molecular weight excluding hydrogens is 841 g/mol. The van der Waals surface area contributed by atoms with E-state index in [2.05, 4.69) is 106 Å². The van der Waals surface area contributed by atoms with Gasteiger partial charge in [-0.2, -0.15) is 0 Å². The Morgan fingerprint density at radius 3 is 0.912 bits per heavy atom. The molecule has 0 amide bonds. The molecule has 0 aromatic heterocycles. The first-order valence-electron chi connectivity index (χ1n) is 27.0. The molecule has 0 spiro atoms. The SMILES string of the molecule is CC\C=C/C=C\C=C/C=C\C=C\C=C/CCCCCC(=O)OC(COC(=O)CCCCCCC\C=C/C=C\C=C/CCCCCCC)COC(=O)CCCCCCCCC\C=C/C=C\C=C/CC. The number of hydrogen-bond donors (Lipinski definition) is 0. The van der Waals surface area contributed by atoms with Crippen molar-refractivity contribution >= 4 is 17.9 Å². The molecule has 0 aromatic rings. The molecule has 0 bridgehead atoms. The van der Waals surface area contributed by atoms with Crippen molar-refractivity contribution in [3.63, 3.8) is 0 Å². The third-order valence-electron chi connectivity index (χ3n) is 10.8. The zero-order valence-corrected chi connectivity index (χ0v) is 43.3. The van der Waals surface area contributed by atoms with E-state index >= 15 is 0 Å². The van der Waals surface area contributed by atoms with Crippen LogP contribution in [0.1, 0.15) is 207 Å². The first-order valence-corrected chi connectivity index (χ1v) is 27.0. The van der Waals surface area contributed by atoms with Gasteiger partial charge in [0.2, 0.25) is 0 Å². The van der Waals surface area contributed by atoms with E-state index in [0.29, 0.717) is 19.3 Å². The number of rotatable bonds is 46. The molecule has 68 heavy (non-hydrogen) atoms. The van der Waals surface area contributed by atoms with Gasteiger partial charge in [0.15, 0.2) is 6.10 Å². The van der Waals surface area contributed by atoms with Gasteiger partial charge >= 0.3 is 17.9 Å². The summed E-state index contributed by atoms with van der Waals surface area (Å²) in [5.74, 6) is -1.00. The first kappa shape index (κ1) is 63.3. The lowest BCUT2D eigenvalue weighted by molar-refractivity contribution is -0.167. The molecule has 0 aliphatic carbocycles. The number of carbonyl (C=O) groups excluding carboxylic acids is 3. The van der Waals surface area contributed by atoms with Gasteiger partial charge in [-0.3, -0.25) is 14.4 Å². The predicted octanol–water partition coefficient (Wildman–Crippen LogP) is 18.0. The molecule has 0 radical (unpaired) electrons. The summed E-state index contributed by atoms with van der Waals surface area (Å²) in [7, 11) is 0. The van der Waals surface area contributed by atoms with E-state index in [1.807, 2.05) is 60.8 Å². The van der Waals surface area contributed by atoms with Crippen molar-refractivity contribution in [1.29, 1.82) is 0 Å². The van der Waals surface area contributed by atoms with Crippen LogP contribution in [0.4, 0.5) is 0 Å². The van der Waals surface area contributed by atoms with Crippen molar-refractivity contribution in [2.45, 2.75) is 213 Å². The smallest absolute Gasteiger partial charge is 0.306 e. The average molecular weight is 937 g/mol. The summed E-state index contributed by atoms with van der Waals surface area (Å²) in [6, 6.07) is 0. The van der Waals surface area contributed by atoms with Gasteiger partial charge in [-0.1, -0.05) is 250 Å². The van der Waals surface area contributed by atoms with E-state index < -0.39 is 6.10 Å². The van der Waals surface area contributed by atoms with Gasteiger partial charge in [-0.05, 0) is 83.5 Å². The van der Waals surface area contributed by atoms with E-state index in [0.717, 1.165) is 109 Å². The summed E-state index contributed by atoms with van der Waals surface area (Å²) in [6.45, 7) is 6.26. The summed E-state index contributed by atoms with van der Waals surface area (Å²) in [5, 5.41) is 0. The van der Waals surface area contributed by atoms with E-state index in [1.165, 1.54) is 51.4 Å². The molecule has 0 saturated heterocycles. The second-order valence-corrected chi connectivity index (χ2v) is 17.3. The van der Waals surface area contributed by atoms with Gasteiger partial charge in [-0.25, -0.2) is 0 Å². The minimum absolute atomic E-state index is 0.116. The molecular formula is C62H96O6. The average Bonchev–Trinajstić information content (AvgIpc) is 3.34. The highest BCUT2D eigenvalue weighted by molar-refractivity contribution is 5.71. The fourth-order valence-corrected chi connectivity index (χ4v) is 6.83. The summed E-state index contributed by atoms with van der Waals surface area (Å²) in [6.07, 6.45) is 78.2. The number of unbranched alkanes of at least 4 members (excludes halogenated alkanes) is 20. The van der Waals surface area contributed by atoms with Crippen LogP contribution in [-0.4, -0.2) is 37.2 Å². The lowest BCUT2D eigenvalue weighted by atomic mass is 10.1. The van der Waals surface area contributed by atoms with Crippen LogP contribution in [-0.2, 0) is 28.6 Å². The normalized spacial score (nSPS) is 13.3. The summed E-state index contributed by atoms with van der Waals surface area (Å²) in [4.78, 5) is 38.1. The minimum atomic E-state index is -0.822. The number of hydrogen-bond acceptors (Lipinski definition) is 6. The van der Waals surface area contributed by atoms with Crippen LogP contribution < -0.4 is 0 Å². The fraction of sp³-hybridized carbons (Fsp3) is 0.565. The van der Waals surface area contributed by atoms with Crippen LogP contribution in [0.2, 0.25) is 0 Å². The molecule has 0 N–H and O–H groups in total. The standard InChI is InChI=1S/C62H96O6/c1-4-7-10-13-16-19-22-25-28-30-32-34-37-40-43-46-49-52-55-61(64)67-58-59(57-66-60(63)54-51-48-45-42-39-36-33-27-24-21-18-15-12-9-6-3)68-62(65)56-53-50-47-44-41-38-35-31-29-26-23-20-17-14-11-8-5-2/h8-9,11-12,14-15,17-18,20-26,28-32,34-35,38,41,59H,4-7,10,13,16,19,27,33,36-37,39-40,42-58H2,1-3H3/b11-8-,12-9-,17-14-,18-15-,23-20-,24-21-,25-22-,29-26-,30-28-,34-32-,35-31+,41-38-. The molecule has 0 rings (SSSR count). The highest BCUT2D eigenvalue weighted by Crippen LogP contribution is 2.13. The van der Waals surface area contributed by atoms with Crippen molar-refractivity contribution in [3.05, 3.63) is 146 Å². The Balaban J connectivity index is 4.57. The molecule has 6 heteroatoms. The second kappa shape index (κ2) is 54.9. The van der Waals surface area contributed by atoms with Gasteiger partial charge in [0.1, 0.15) is 13.2 Å². The van der Waals surface area contributed by atoms with Gasteiger partial charge in [-0.15, -0.1) is 0 Å². The third kappa shape index (κ3) is 52.3. The van der Waals surface area contributed by atoms with E-state index in [9.17, 15) is 14.4 Å². The maximum absolute atomic E-state index is 12.8. The van der Waals surface area contributed by atoms with Gasteiger partial charge < -0.3 is 14.2 Å². The van der Waals surface area contributed by atoms with Gasteiger partial charge in [0.05, 0.1) is 0 Å². The molecule has 0 aromatic carbocycles. The summed E-state index contributed by atoms with van der Waals surface area (Å²) >= 11 is 0. The van der Waals surface area contributed by atoms with E-state index in [4.69, 9.17) is 14.2 Å². The number of esters is 3. The van der Waals surface area contributed by atoms with E-state index in [-0.39, 0.29) is 37.5 Å². The summed E-state index contributed by atoms with van der Waals surface area (Å²) in [5.41, 5.74) is 0. The Kier molecular flexibility index (Phi) is 51.1. The topological polar surface area (TPSA) is 78.9 Å². The number of allylic oxidation sites excluding steroid dienone is 24. The monoisotopic (exact) mass is 937 g/mol. The van der Waals surface area contributed by atoms with Gasteiger partial charge in [0, 0.05) is 19.3 Å². The van der Waals surface area contributed by atoms with Crippen molar-refractivity contribution in [1.82, 2.24) is 0 Å². The lowest BCUT2D eigenvalue weighted by Gasteiger charge is -2.18. The molecule has 1 atom stereocenters. The fourth-order valence-electron chi connectivity index (χ4n) is 6.83. The van der Waals surface area contributed by atoms with Crippen molar-refractivity contribution in [2.24, 2.45) is 0 Å². The zero-order valence-electron chi connectivity index (χ0n) is 43.3. The first-order chi connectivity index (χ1) is 33.5. The quantitative estimate of drug-likeness (QED) is 0.0262. The Morgan fingerprint density at radius 2 is 0.574 bits per heavy atom. The highest BCUT2D eigenvalue weighted by atomic mass is 16.6. The maximum Gasteiger partial charge on any atom is 0.306 e. The Hall–Kier alpha value is -4.71. The lowest BCUT2D eigenvalue weighted by Crippen LogP contribution is -2.30. The molecule has 380 valence electrons. The zero-order chi connectivity index (χ0) is 49.3. The van der Waals surface area contributed by atoms with Crippen LogP contribution in [0.15, 0.2) is 146 Å². The Morgan fingerprint density at radius 1 is 0.309 bits per heavy atom. The van der Waals surface area contributed by atoms with Crippen LogP contribution >= 0.6 is 0 Å². The Bertz CT molecular complexity index is 1540. The molecule has 0 fully saturated rings. The van der Waals surface area contributed by atoms with Crippen LogP contribution in [0.3, 0.4) is 0 Å². The third-order valence-corrected chi connectivity index (χ3v) is 10.8. The molecule has 1 unspecified atom stereocenters. The van der Waals surface area contributed by atoms with E-state index in [1.54, 1.807) is 0 Å². The Labute approximate surface area is 417 Å². The molecule has 6 nitrogen and oxygen atoms in total. The maximum atomic E-state index is 12.8. The molecule has 0 saturated carbocycles. The van der Waals surface area contributed by atoms with Crippen molar-refractivity contribution in [3.8, 4) is 0 Å². The van der Waals surface area contributed by atoms with Crippen LogP contribution in [0.5, 0.6) is 0 Å². The highest BCUT2D eigenvalue weighted by Gasteiger charge is 2.19. The predicted molar refractivity (Wildman–Crippen MR) is 292 cm³/mol. The van der Waals surface area contributed by atoms with Crippen molar-refractivity contribution < 1.29 is 28.6 Å². The molecule has 0 heterocycles. The van der Waals surface area contributed by atoms with Crippen LogP contribution in [0, 0.1) is 0 Å². The van der Waals surface area contributed by atoms with Crippen molar-refractivity contribution in [2.75, 3.05) is 13.2 Å². The summed E-state index contributed by atoms with van der Waals surface area (Å²) < 4.78 is 16.8. The number of ether oxygens (including phenoxy) is 3. The van der Waals surface area contributed by atoms with Crippen LogP contribution in [0.25, 0.3) is 0 Å². The minimum Gasteiger partial charge on any atom is -0.462 e. The largest absolute Gasteiger partial charge is 0.462 e. The second-order valence-electron chi connectivity index (χ2n) is 17.3. The van der Waals surface area contributed by atoms with Gasteiger partial charge in [0.25, 0.3) is 0 Å². The molecule has 0 aliphatic heterocycles. The number of carbonyl (C=O) groups is 3.